The lowest BCUT2D eigenvalue weighted by Crippen LogP contribution is -2.50. The van der Waals surface area contributed by atoms with Crippen molar-refractivity contribution in [1.82, 2.24) is 30.2 Å². The van der Waals surface area contributed by atoms with Gasteiger partial charge < -0.3 is 25.3 Å². The van der Waals surface area contributed by atoms with E-state index < -0.39 is 5.92 Å². The quantitative estimate of drug-likeness (QED) is 0.360. The standard InChI is InChI=1S/C36H47N7O3/c44-34(41-18-12-31(13-19-41)43-20-11-28-3-1-2-4-32(28)39-36(43)46)23-29(21-25-5-6-33-30(22-25)24-38-40-33)35(45)42-16-9-27(10-17-42)26-7-14-37-15-8-26/h1-6,22,24,26-27,29,31,37H,7-21,23H2,(H,38,40)(H,39,46). The van der Waals surface area contributed by atoms with Crippen molar-refractivity contribution >= 4 is 34.4 Å². The predicted molar refractivity (Wildman–Crippen MR) is 178 cm³/mol. The molecule has 1 unspecified atom stereocenters. The number of nitrogens with one attached hydrogen (secondary N) is 3. The zero-order valence-corrected chi connectivity index (χ0v) is 26.8. The minimum atomic E-state index is -0.403. The molecule has 0 spiro atoms. The van der Waals surface area contributed by atoms with Crippen LogP contribution in [0.25, 0.3) is 10.9 Å². The SMILES string of the molecule is O=C(CC(Cc1ccc2[nH]ncc2c1)C(=O)N1CCC(C2CCNCC2)CC1)N1CCC(N2CCc3ccccc3NC2=O)CC1. The second kappa shape index (κ2) is 13.8. The second-order valence-corrected chi connectivity index (χ2v) is 13.8. The Morgan fingerprint density at radius 2 is 1.61 bits per heavy atom. The van der Waals surface area contributed by atoms with Gasteiger partial charge in [0.1, 0.15) is 0 Å². The number of fused-ring (bicyclic) bond motifs is 2. The van der Waals surface area contributed by atoms with Crippen molar-refractivity contribution in [2.24, 2.45) is 17.8 Å². The van der Waals surface area contributed by atoms with Crippen molar-refractivity contribution in [3.63, 3.8) is 0 Å². The van der Waals surface area contributed by atoms with Gasteiger partial charge in [-0.25, -0.2) is 4.79 Å². The Hall–Kier alpha value is -3.92. The third-order valence-electron chi connectivity index (χ3n) is 11.1. The summed E-state index contributed by atoms with van der Waals surface area (Å²) < 4.78 is 0. The molecule has 7 rings (SSSR count). The molecule has 5 heterocycles. The maximum atomic E-state index is 14.1. The second-order valence-electron chi connectivity index (χ2n) is 13.8. The Morgan fingerprint density at radius 1 is 0.870 bits per heavy atom. The van der Waals surface area contributed by atoms with Crippen LogP contribution in [0.5, 0.6) is 0 Å². The predicted octanol–water partition coefficient (Wildman–Crippen LogP) is 4.43. The summed E-state index contributed by atoms with van der Waals surface area (Å²) in [5, 5.41) is 14.7. The highest BCUT2D eigenvalue weighted by Gasteiger charge is 2.35. The first-order valence-electron chi connectivity index (χ1n) is 17.4. The molecule has 3 aromatic rings. The van der Waals surface area contributed by atoms with Crippen LogP contribution in [0, 0.1) is 17.8 Å². The van der Waals surface area contributed by atoms with Crippen molar-refractivity contribution < 1.29 is 14.4 Å². The Kier molecular flexibility index (Phi) is 9.23. The average Bonchev–Trinajstić information content (AvgIpc) is 3.50. The molecule has 4 amide bonds. The summed E-state index contributed by atoms with van der Waals surface area (Å²) >= 11 is 0. The van der Waals surface area contributed by atoms with Crippen LogP contribution in [-0.2, 0) is 22.4 Å². The van der Waals surface area contributed by atoms with Gasteiger partial charge in [-0.15, -0.1) is 0 Å². The number of carbonyl (C=O) groups excluding carboxylic acids is 3. The van der Waals surface area contributed by atoms with E-state index in [1.165, 1.54) is 12.8 Å². The van der Waals surface area contributed by atoms with Crippen molar-refractivity contribution in [2.75, 3.05) is 51.1 Å². The van der Waals surface area contributed by atoms with Gasteiger partial charge in [0.05, 0.1) is 17.6 Å². The van der Waals surface area contributed by atoms with E-state index in [2.05, 4.69) is 33.0 Å². The summed E-state index contributed by atoms with van der Waals surface area (Å²) in [6, 6.07) is 14.2. The first kappa shape index (κ1) is 30.7. The van der Waals surface area contributed by atoms with Crippen molar-refractivity contribution in [3.05, 3.63) is 59.8 Å². The molecule has 0 bridgehead atoms. The zero-order valence-electron chi connectivity index (χ0n) is 26.8. The number of benzene rings is 2. The molecule has 4 aliphatic rings. The van der Waals surface area contributed by atoms with Gasteiger partial charge in [-0.2, -0.15) is 5.10 Å². The molecule has 46 heavy (non-hydrogen) atoms. The molecule has 3 saturated heterocycles. The summed E-state index contributed by atoms with van der Waals surface area (Å²) in [4.78, 5) is 46.9. The normalized spacial score (nSPS) is 21.1. The van der Waals surface area contributed by atoms with E-state index in [1.54, 1.807) is 6.20 Å². The number of rotatable bonds is 7. The van der Waals surface area contributed by atoms with Gasteiger partial charge in [0.25, 0.3) is 0 Å². The third-order valence-corrected chi connectivity index (χ3v) is 11.1. The van der Waals surface area contributed by atoms with Crippen LogP contribution in [0.1, 0.15) is 56.1 Å². The topological polar surface area (TPSA) is 114 Å². The van der Waals surface area contributed by atoms with Gasteiger partial charge in [-0.05, 0) is 106 Å². The number of nitrogens with zero attached hydrogens (tertiary/aromatic N) is 4. The van der Waals surface area contributed by atoms with E-state index in [9.17, 15) is 14.4 Å². The van der Waals surface area contributed by atoms with Crippen LogP contribution in [0.2, 0.25) is 0 Å². The number of hydrogen-bond acceptors (Lipinski definition) is 5. The number of piperidine rings is 3. The lowest BCUT2D eigenvalue weighted by Gasteiger charge is -2.40. The third kappa shape index (κ3) is 6.77. The molecule has 1 atom stereocenters. The summed E-state index contributed by atoms with van der Waals surface area (Å²) in [7, 11) is 0. The van der Waals surface area contributed by atoms with Gasteiger partial charge in [-0.1, -0.05) is 24.3 Å². The van der Waals surface area contributed by atoms with Crippen LogP contribution in [-0.4, -0.2) is 94.6 Å². The maximum Gasteiger partial charge on any atom is 0.322 e. The first-order valence-corrected chi connectivity index (χ1v) is 17.4. The summed E-state index contributed by atoms with van der Waals surface area (Å²) in [6.45, 7) is 5.65. The Morgan fingerprint density at radius 3 is 2.41 bits per heavy atom. The van der Waals surface area contributed by atoms with Gasteiger partial charge in [0.15, 0.2) is 0 Å². The Labute approximate surface area is 271 Å². The number of anilines is 1. The molecule has 2 aromatic carbocycles. The van der Waals surface area contributed by atoms with E-state index in [1.807, 2.05) is 45.0 Å². The van der Waals surface area contributed by atoms with Crippen LogP contribution in [0.4, 0.5) is 10.5 Å². The summed E-state index contributed by atoms with van der Waals surface area (Å²) in [5.74, 6) is 1.20. The molecule has 0 aliphatic carbocycles. The van der Waals surface area contributed by atoms with E-state index in [0.29, 0.717) is 32.0 Å². The van der Waals surface area contributed by atoms with Gasteiger partial charge >= 0.3 is 6.03 Å². The smallest absolute Gasteiger partial charge is 0.322 e. The molecule has 3 fully saturated rings. The highest BCUT2D eigenvalue weighted by Crippen LogP contribution is 2.32. The highest BCUT2D eigenvalue weighted by molar-refractivity contribution is 5.91. The molecule has 4 aliphatic heterocycles. The molecule has 0 saturated carbocycles. The number of carbonyl (C=O) groups is 3. The number of para-hydroxylation sites is 1. The summed E-state index contributed by atoms with van der Waals surface area (Å²) in [6.07, 6.45) is 9.44. The minimum Gasteiger partial charge on any atom is -0.343 e. The van der Waals surface area contributed by atoms with E-state index >= 15 is 0 Å². The molecule has 244 valence electrons. The minimum absolute atomic E-state index is 0.0403. The van der Waals surface area contributed by atoms with Gasteiger partial charge in [0, 0.05) is 56.3 Å². The molecule has 0 radical (unpaired) electrons. The molecule has 3 N–H and O–H groups in total. The maximum absolute atomic E-state index is 14.1. The zero-order chi connectivity index (χ0) is 31.5. The Balaban J connectivity index is 0.986. The van der Waals surface area contributed by atoms with Crippen LogP contribution >= 0.6 is 0 Å². The first-order chi connectivity index (χ1) is 22.5. The van der Waals surface area contributed by atoms with E-state index in [-0.39, 0.29) is 30.3 Å². The van der Waals surface area contributed by atoms with Crippen LogP contribution in [0.15, 0.2) is 48.7 Å². The van der Waals surface area contributed by atoms with Gasteiger partial charge in [0.2, 0.25) is 11.8 Å². The molecule has 1 aromatic heterocycles. The molecule has 10 nitrogen and oxygen atoms in total. The van der Waals surface area contributed by atoms with Crippen LogP contribution < -0.4 is 10.6 Å². The number of urea groups is 1. The number of likely N-dealkylation sites (tertiary alicyclic amines) is 2. The van der Waals surface area contributed by atoms with Crippen LogP contribution in [0.3, 0.4) is 0 Å². The fourth-order valence-corrected chi connectivity index (χ4v) is 8.32. The number of H-pyrrole nitrogens is 1. The lowest BCUT2D eigenvalue weighted by molar-refractivity contribution is -0.143. The molecular formula is C36H47N7O3. The fourth-order valence-electron chi connectivity index (χ4n) is 8.32. The number of aromatic amines is 1. The van der Waals surface area contributed by atoms with Gasteiger partial charge in [-0.3, -0.25) is 14.7 Å². The molecular weight excluding hydrogens is 578 g/mol. The number of hydrogen-bond donors (Lipinski definition) is 3. The monoisotopic (exact) mass is 625 g/mol. The highest BCUT2D eigenvalue weighted by atomic mass is 16.2. The van der Waals surface area contributed by atoms with Crippen molar-refractivity contribution in [3.8, 4) is 0 Å². The molecule has 10 heteroatoms. The number of amides is 4. The van der Waals surface area contributed by atoms with Crippen molar-refractivity contribution in [1.29, 1.82) is 0 Å². The average molecular weight is 626 g/mol. The Bertz CT molecular complexity index is 1530. The van der Waals surface area contributed by atoms with E-state index in [0.717, 1.165) is 91.9 Å². The lowest BCUT2D eigenvalue weighted by atomic mass is 9.79. The van der Waals surface area contributed by atoms with E-state index in [4.69, 9.17) is 0 Å². The summed E-state index contributed by atoms with van der Waals surface area (Å²) in [5.41, 5.74) is 4.06. The fraction of sp³-hybridized carbons (Fsp3) is 0.556. The largest absolute Gasteiger partial charge is 0.343 e. The van der Waals surface area contributed by atoms with Crippen molar-refractivity contribution in [2.45, 2.75) is 63.8 Å². The number of aromatic nitrogens is 2.